The molecule has 9 nitrogen and oxygen atoms in total. The number of rotatable bonds is 5. The van der Waals surface area contributed by atoms with Crippen molar-refractivity contribution in [3.63, 3.8) is 0 Å². The fourth-order valence-corrected chi connectivity index (χ4v) is 3.76. The highest BCUT2D eigenvalue weighted by molar-refractivity contribution is 7.80. The minimum atomic E-state index is -1.07. The monoisotopic (exact) mass is 442 g/mol. The Labute approximate surface area is 184 Å². The molecule has 2 aromatic carbocycles. The summed E-state index contributed by atoms with van der Waals surface area (Å²) in [5.41, 5.74) is 1.63. The number of hydrogen-bond acceptors (Lipinski definition) is 6. The van der Waals surface area contributed by atoms with Crippen LogP contribution in [0.3, 0.4) is 0 Å². The zero-order chi connectivity index (χ0) is 22.5. The number of amides is 1. The molecule has 0 aliphatic carbocycles. The van der Waals surface area contributed by atoms with Crippen molar-refractivity contribution in [2.75, 3.05) is 23.3 Å². The van der Waals surface area contributed by atoms with Gasteiger partial charge in [-0.05, 0) is 62.2 Å². The average Bonchev–Trinajstić information content (AvgIpc) is 2.75. The Hall–Kier alpha value is -3.53. The summed E-state index contributed by atoms with van der Waals surface area (Å²) in [4.78, 5) is 37.0. The number of hydrogen-bond donors (Lipinski definition) is 3. The number of carbonyl (C=O) groups excluding carboxylic acids is 1. The van der Waals surface area contributed by atoms with Crippen LogP contribution in [0.5, 0.6) is 0 Å². The zero-order valence-electron chi connectivity index (χ0n) is 16.9. The van der Waals surface area contributed by atoms with Crippen LogP contribution in [-0.2, 0) is 0 Å². The topological polar surface area (TPSA) is 125 Å². The van der Waals surface area contributed by atoms with Gasteiger partial charge in [0.2, 0.25) is 0 Å². The predicted molar refractivity (Wildman–Crippen MR) is 121 cm³/mol. The van der Waals surface area contributed by atoms with E-state index in [1.54, 1.807) is 25.1 Å². The molecule has 10 heteroatoms. The Morgan fingerprint density at radius 3 is 2.48 bits per heavy atom. The fourth-order valence-electron chi connectivity index (χ4n) is 3.56. The number of nitro benzene ring substituents is 1. The number of anilines is 2. The van der Waals surface area contributed by atoms with Gasteiger partial charge in [-0.3, -0.25) is 20.2 Å². The number of carboxylic acids is 1. The van der Waals surface area contributed by atoms with Crippen molar-refractivity contribution in [3.8, 4) is 0 Å². The van der Waals surface area contributed by atoms with Crippen LogP contribution in [0.15, 0.2) is 36.4 Å². The zero-order valence-corrected chi connectivity index (χ0v) is 17.7. The van der Waals surface area contributed by atoms with Crippen LogP contribution in [0.1, 0.15) is 45.5 Å². The first-order valence-corrected chi connectivity index (χ1v) is 10.2. The van der Waals surface area contributed by atoms with Gasteiger partial charge in [-0.15, -0.1) is 0 Å². The molecule has 3 N–H and O–H groups in total. The Kier molecular flexibility index (Phi) is 6.81. The van der Waals surface area contributed by atoms with Crippen LogP contribution < -0.4 is 15.5 Å². The summed E-state index contributed by atoms with van der Waals surface area (Å²) < 4.78 is 0. The summed E-state index contributed by atoms with van der Waals surface area (Å²) in [6.07, 6.45) is 3.07. The third-order valence-corrected chi connectivity index (χ3v) is 5.38. The molecule has 0 atom stereocenters. The summed E-state index contributed by atoms with van der Waals surface area (Å²) in [6, 6.07) is 8.91. The molecule has 3 rings (SSSR count). The number of nitrogens with zero attached hydrogens (tertiary/aromatic N) is 2. The molecular weight excluding hydrogens is 420 g/mol. The van der Waals surface area contributed by atoms with E-state index in [4.69, 9.17) is 12.2 Å². The van der Waals surface area contributed by atoms with Crippen molar-refractivity contribution >= 4 is 46.3 Å². The first kappa shape index (κ1) is 22.2. The van der Waals surface area contributed by atoms with Gasteiger partial charge in [0.15, 0.2) is 5.11 Å². The van der Waals surface area contributed by atoms with Crippen LogP contribution in [0.25, 0.3) is 0 Å². The van der Waals surface area contributed by atoms with Gasteiger partial charge in [-0.25, -0.2) is 4.79 Å². The largest absolute Gasteiger partial charge is 0.478 e. The maximum absolute atomic E-state index is 13.0. The molecule has 0 unspecified atom stereocenters. The molecule has 0 bridgehead atoms. The quantitative estimate of drug-likeness (QED) is 0.364. The average molecular weight is 442 g/mol. The maximum atomic E-state index is 13.0. The number of carboxylic acid groups (broad SMARTS) is 1. The van der Waals surface area contributed by atoms with Gasteiger partial charge in [-0.1, -0.05) is 6.07 Å². The molecule has 1 aliphatic heterocycles. The van der Waals surface area contributed by atoms with E-state index in [9.17, 15) is 24.8 Å². The summed E-state index contributed by atoms with van der Waals surface area (Å²) >= 11 is 5.23. The van der Waals surface area contributed by atoms with Crippen molar-refractivity contribution < 1.29 is 19.6 Å². The third-order valence-electron chi connectivity index (χ3n) is 5.17. The highest BCUT2D eigenvalue weighted by Crippen LogP contribution is 2.28. The smallest absolute Gasteiger partial charge is 0.336 e. The molecule has 1 fully saturated rings. The van der Waals surface area contributed by atoms with Gasteiger partial charge in [0.05, 0.1) is 21.7 Å². The highest BCUT2D eigenvalue weighted by atomic mass is 32.1. The number of nitro groups is 1. The Morgan fingerprint density at radius 1 is 1.13 bits per heavy atom. The molecule has 1 amide bonds. The van der Waals surface area contributed by atoms with E-state index in [2.05, 4.69) is 10.6 Å². The number of carbonyl (C=O) groups is 2. The lowest BCUT2D eigenvalue weighted by molar-refractivity contribution is -0.384. The number of nitrogens with one attached hydrogen (secondary N) is 2. The molecule has 31 heavy (non-hydrogen) atoms. The first-order chi connectivity index (χ1) is 14.8. The second-order valence-corrected chi connectivity index (χ2v) is 7.61. The van der Waals surface area contributed by atoms with Crippen LogP contribution in [0.4, 0.5) is 17.1 Å². The molecular formula is C21H22N4O5S. The van der Waals surface area contributed by atoms with Crippen LogP contribution in [0, 0.1) is 17.0 Å². The number of non-ortho nitro benzene ring substituents is 1. The minimum absolute atomic E-state index is 0.0354. The van der Waals surface area contributed by atoms with Crippen molar-refractivity contribution in [1.29, 1.82) is 0 Å². The Bertz CT molecular complexity index is 1050. The summed E-state index contributed by atoms with van der Waals surface area (Å²) in [5.74, 6) is -1.65. The molecule has 162 valence electrons. The number of aromatic carboxylic acids is 1. The summed E-state index contributed by atoms with van der Waals surface area (Å²) in [6.45, 7) is 3.16. The van der Waals surface area contributed by atoms with E-state index >= 15 is 0 Å². The standard InChI is InChI=1S/C21H22N4O5S/c1-13-15(20(27)28)6-5-7-17(13)22-21(31)23-19(26)16-12-14(25(29)30)8-9-18(16)24-10-3-2-4-11-24/h5-9,12H,2-4,10-11H2,1H3,(H,27,28)(H2,22,23,26,31). The molecule has 1 aliphatic rings. The van der Waals surface area contributed by atoms with Gasteiger partial charge in [0.1, 0.15) is 0 Å². The number of benzene rings is 2. The lowest BCUT2D eigenvalue weighted by Crippen LogP contribution is -2.37. The van der Waals surface area contributed by atoms with E-state index in [1.165, 1.54) is 18.2 Å². The molecule has 0 spiro atoms. The predicted octanol–water partition coefficient (Wildman–Crippen LogP) is 3.72. The Balaban J connectivity index is 1.83. The normalized spacial score (nSPS) is 13.4. The Morgan fingerprint density at radius 2 is 1.84 bits per heavy atom. The maximum Gasteiger partial charge on any atom is 0.336 e. The summed E-state index contributed by atoms with van der Waals surface area (Å²) in [7, 11) is 0. The van der Waals surface area contributed by atoms with Gasteiger partial charge < -0.3 is 15.3 Å². The number of piperidine rings is 1. The van der Waals surface area contributed by atoms with Gasteiger partial charge >= 0.3 is 5.97 Å². The third kappa shape index (κ3) is 5.15. The van der Waals surface area contributed by atoms with Crippen molar-refractivity contribution in [1.82, 2.24) is 5.32 Å². The fraction of sp³-hybridized carbons (Fsp3) is 0.286. The molecule has 0 aromatic heterocycles. The molecule has 2 aromatic rings. The van der Waals surface area contributed by atoms with E-state index in [0.717, 1.165) is 32.4 Å². The van der Waals surface area contributed by atoms with Gasteiger partial charge in [0, 0.05) is 30.9 Å². The van der Waals surface area contributed by atoms with Crippen LogP contribution >= 0.6 is 12.2 Å². The van der Waals surface area contributed by atoms with Crippen molar-refractivity contribution in [2.24, 2.45) is 0 Å². The first-order valence-electron chi connectivity index (χ1n) is 9.76. The van der Waals surface area contributed by atoms with Crippen LogP contribution in [-0.4, -0.2) is 40.1 Å². The van der Waals surface area contributed by atoms with E-state index in [0.29, 0.717) is 16.9 Å². The molecule has 1 saturated heterocycles. The minimum Gasteiger partial charge on any atom is -0.478 e. The lowest BCUT2D eigenvalue weighted by Gasteiger charge is -2.30. The molecule has 0 radical (unpaired) electrons. The van der Waals surface area contributed by atoms with Crippen LogP contribution in [0.2, 0.25) is 0 Å². The SMILES string of the molecule is Cc1c(NC(=S)NC(=O)c2cc([N+](=O)[O-])ccc2N2CCCCC2)cccc1C(=O)O. The summed E-state index contributed by atoms with van der Waals surface area (Å²) in [5, 5.41) is 25.8. The molecule has 0 saturated carbocycles. The number of thiocarbonyl (C=S) groups is 1. The lowest BCUT2D eigenvalue weighted by atomic mass is 10.1. The van der Waals surface area contributed by atoms with Gasteiger partial charge in [0.25, 0.3) is 11.6 Å². The van der Waals surface area contributed by atoms with E-state index < -0.39 is 16.8 Å². The van der Waals surface area contributed by atoms with Crippen molar-refractivity contribution in [3.05, 3.63) is 63.2 Å². The second kappa shape index (κ2) is 9.52. The van der Waals surface area contributed by atoms with Gasteiger partial charge in [-0.2, -0.15) is 0 Å². The van der Waals surface area contributed by atoms with E-state index in [-0.39, 0.29) is 21.9 Å². The van der Waals surface area contributed by atoms with E-state index in [1.807, 2.05) is 4.90 Å². The second-order valence-electron chi connectivity index (χ2n) is 7.20. The molecule has 1 heterocycles. The highest BCUT2D eigenvalue weighted by Gasteiger charge is 2.22. The van der Waals surface area contributed by atoms with Crippen molar-refractivity contribution in [2.45, 2.75) is 26.2 Å².